The minimum absolute atomic E-state index is 0.0756. The summed E-state index contributed by atoms with van der Waals surface area (Å²) in [5.74, 6) is 0.0756. The van der Waals surface area contributed by atoms with Crippen LogP contribution in [-0.4, -0.2) is 36.9 Å². The molecule has 1 heterocycles. The summed E-state index contributed by atoms with van der Waals surface area (Å²) in [7, 11) is 5.87. The van der Waals surface area contributed by atoms with E-state index < -0.39 is 0 Å². The second-order valence-electron chi connectivity index (χ2n) is 6.50. The first-order valence-corrected chi connectivity index (χ1v) is 9.41. The molecule has 0 atom stereocenters. The molecule has 0 aliphatic rings. The van der Waals surface area contributed by atoms with Crippen molar-refractivity contribution in [3.63, 3.8) is 0 Å². The van der Waals surface area contributed by atoms with E-state index in [1.807, 2.05) is 56.9 Å². The average Bonchev–Trinajstić information content (AvgIpc) is 3.11. The summed E-state index contributed by atoms with van der Waals surface area (Å²) in [5.41, 5.74) is 4.19. The lowest BCUT2D eigenvalue weighted by Crippen LogP contribution is -2.27. The molecule has 1 amide bonds. The average molecular weight is 366 g/mol. The van der Waals surface area contributed by atoms with Crippen molar-refractivity contribution in [2.24, 2.45) is 0 Å². The van der Waals surface area contributed by atoms with Crippen LogP contribution >= 0.6 is 11.3 Å². The van der Waals surface area contributed by atoms with Crippen LogP contribution < -0.4 is 4.90 Å². The van der Waals surface area contributed by atoms with Crippen molar-refractivity contribution in [3.8, 4) is 10.6 Å². The van der Waals surface area contributed by atoms with Gasteiger partial charge in [-0.05, 0) is 17.7 Å². The lowest BCUT2D eigenvalue weighted by atomic mass is 10.2. The van der Waals surface area contributed by atoms with Crippen molar-refractivity contribution in [2.75, 3.05) is 26.0 Å². The third kappa shape index (κ3) is 4.49. The standard InChI is InChI=1S/C21H23N3OS/c1-23(2)19-11-9-16(10-12-19)14-24(3)20(25)13-18-15-26-21(22-18)17-7-5-4-6-8-17/h4-12,15H,13-14H2,1-3H3. The molecule has 5 heteroatoms. The third-order valence-corrected chi connectivity index (χ3v) is 5.14. The Morgan fingerprint density at radius 2 is 1.69 bits per heavy atom. The minimum Gasteiger partial charge on any atom is -0.378 e. The van der Waals surface area contributed by atoms with E-state index in [2.05, 4.69) is 34.1 Å². The van der Waals surface area contributed by atoms with Gasteiger partial charge >= 0.3 is 0 Å². The molecule has 1 aromatic heterocycles. The SMILES string of the molecule is CN(Cc1ccc(N(C)C)cc1)C(=O)Cc1csc(-c2ccccc2)n1. The summed E-state index contributed by atoms with van der Waals surface area (Å²) in [6, 6.07) is 18.3. The van der Waals surface area contributed by atoms with Crippen LogP contribution in [0.1, 0.15) is 11.3 Å². The molecule has 0 aliphatic heterocycles. The molecule has 26 heavy (non-hydrogen) atoms. The molecule has 3 rings (SSSR count). The van der Waals surface area contributed by atoms with Crippen LogP contribution in [0.15, 0.2) is 60.0 Å². The molecule has 4 nitrogen and oxygen atoms in total. The first kappa shape index (κ1) is 18.1. The first-order chi connectivity index (χ1) is 12.5. The van der Waals surface area contributed by atoms with Crippen LogP contribution in [-0.2, 0) is 17.8 Å². The Morgan fingerprint density at radius 3 is 2.35 bits per heavy atom. The van der Waals surface area contributed by atoms with Gasteiger partial charge < -0.3 is 9.80 Å². The maximum Gasteiger partial charge on any atom is 0.228 e. The van der Waals surface area contributed by atoms with E-state index in [0.29, 0.717) is 13.0 Å². The van der Waals surface area contributed by atoms with Gasteiger partial charge in [0, 0.05) is 44.3 Å². The molecule has 134 valence electrons. The van der Waals surface area contributed by atoms with Gasteiger partial charge in [-0.3, -0.25) is 4.79 Å². The van der Waals surface area contributed by atoms with Crippen LogP contribution in [0.2, 0.25) is 0 Å². The minimum atomic E-state index is 0.0756. The number of benzene rings is 2. The van der Waals surface area contributed by atoms with Crippen molar-refractivity contribution in [1.29, 1.82) is 0 Å². The Kier molecular flexibility index (Phi) is 5.68. The summed E-state index contributed by atoms with van der Waals surface area (Å²) < 4.78 is 0. The van der Waals surface area contributed by atoms with E-state index in [4.69, 9.17) is 0 Å². The highest BCUT2D eigenvalue weighted by Gasteiger charge is 2.13. The number of likely N-dealkylation sites (N-methyl/N-ethyl adjacent to an activating group) is 1. The van der Waals surface area contributed by atoms with E-state index in [-0.39, 0.29) is 5.91 Å². The Bertz CT molecular complexity index is 856. The number of carbonyl (C=O) groups excluding carboxylic acids is 1. The van der Waals surface area contributed by atoms with Gasteiger partial charge in [-0.15, -0.1) is 11.3 Å². The molecule has 0 fully saturated rings. The molecule has 0 saturated carbocycles. The smallest absolute Gasteiger partial charge is 0.228 e. The highest BCUT2D eigenvalue weighted by atomic mass is 32.1. The zero-order valence-electron chi connectivity index (χ0n) is 15.3. The zero-order valence-corrected chi connectivity index (χ0v) is 16.2. The van der Waals surface area contributed by atoms with Gasteiger partial charge in [-0.25, -0.2) is 4.98 Å². The number of hydrogen-bond acceptors (Lipinski definition) is 4. The first-order valence-electron chi connectivity index (χ1n) is 8.53. The predicted octanol–water partition coefficient (Wildman–Crippen LogP) is 4.08. The normalized spacial score (nSPS) is 10.6. The van der Waals surface area contributed by atoms with Gasteiger partial charge in [-0.1, -0.05) is 42.5 Å². The fourth-order valence-electron chi connectivity index (χ4n) is 2.65. The lowest BCUT2D eigenvalue weighted by Gasteiger charge is -2.18. The zero-order chi connectivity index (χ0) is 18.5. The molecule has 0 radical (unpaired) electrons. The second kappa shape index (κ2) is 8.15. The fourth-order valence-corrected chi connectivity index (χ4v) is 3.48. The van der Waals surface area contributed by atoms with E-state index in [1.54, 1.807) is 16.2 Å². The van der Waals surface area contributed by atoms with Gasteiger partial charge in [0.1, 0.15) is 5.01 Å². The van der Waals surface area contributed by atoms with E-state index in [0.717, 1.165) is 27.5 Å². The maximum absolute atomic E-state index is 12.5. The van der Waals surface area contributed by atoms with Crippen molar-refractivity contribution in [3.05, 3.63) is 71.2 Å². The molecule has 0 aliphatic carbocycles. The summed E-state index contributed by atoms with van der Waals surface area (Å²) in [6.07, 6.45) is 0.329. The Balaban J connectivity index is 1.60. The predicted molar refractivity (Wildman–Crippen MR) is 108 cm³/mol. The molecular weight excluding hydrogens is 342 g/mol. The topological polar surface area (TPSA) is 36.4 Å². The van der Waals surface area contributed by atoms with E-state index >= 15 is 0 Å². The summed E-state index contributed by atoms with van der Waals surface area (Å²) in [5, 5.41) is 2.93. The van der Waals surface area contributed by atoms with Gasteiger partial charge in [0.05, 0.1) is 12.1 Å². The number of rotatable bonds is 6. The van der Waals surface area contributed by atoms with Gasteiger partial charge in [-0.2, -0.15) is 0 Å². The summed E-state index contributed by atoms with van der Waals surface area (Å²) in [6.45, 7) is 0.599. The third-order valence-electron chi connectivity index (χ3n) is 4.20. The van der Waals surface area contributed by atoms with Crippen LogP contribution in [0, 0.1) is 0 Å². The highest BCUT2D eigenvalue weighted by Crippen LogP contribution is 2.23. The molecule has 2 aromatic carbocycles. The second-order valence-corrected chi connectivity index (χ2v) is 7.36. The molecular formula is C21H23N3OS. The molecule has 0 spiro atoms. The van der Waals surface area contributed by atoms with Gasteiger partial charge in [0.15, 0.2) is 0 Å². The Hall–Kier alpha value is -2.66. The van der Waals surface area contributed by atoms with Crippen LogP contribution in [0.25, 0.3) is 10.6 Å². The van der Waals surface area contributed by atoms with Gasteiger partial charge in [0.2, 0.25) is 5.91 Å². The van der Waals surface area contributed by atoms with Gasteiger partial charge in [0.25, 0.3) is 0 Å². The number of aromatic nitrogens is 1. The van der Waals surface area contributed by atoms with Crippen molar-refractivity contribution in [1.82, 2.24) is 9.88 Å². The Labute approximate surface area is 158 Å². The number of carbonyl (C=O) groups is 1. The monoisotopic (exact) mass is 365 g/mol. The number of amides is 1. The largest absolute Gasteiger partial charge is 0.378 e. The quantitative estimate of drug-likeness (QED) is 0.660. The highest BCUT2D eigenvalue weighted by molar-refractivity contribution is 7.13. The molecule has 0 saturated heterocycles. The lowest BCUT2D eigenvalue weighted by molar-refractivity contribution is -0.129. The van der Waals surface area contributed by atoms with Crippen LogP contribution in [0.3, 0.4) is 0 Å². The van der Waals surface area contributed by atoms with Crippen molar-refractivity contribution >= 4 is 22.9 Å². The van der Waals surface area contributed by atoms with Crippen LogP contribution in [0.4, 0.5) is 5.69 Å². The van der Waals surface area contributed by atoms with E-state index in [1.165, 1.54) is 0 Å². The molecule has 0 unspecified atom stereocenters. The summed E-state index contributed by atoms with van der Waals surface area (Å²) >= 11 is 1.58. The molecule has 0 bridgehead atoms. The van der Waals surface area contributed by atoms with Crippen molar-refractivity contribution in [2.45, 2.75) is 13.0 Å². The number of anilines is 1. The molecule has 0 N–H and O–H groups in total. The number of nitrogens with zero attached hydrogens (tertiary/aromatic N) is 3. The summed E-state index contributed by atoms with van der Waals surface area (Å²) in [4.78, 5) is 20.9. The van der Waals surface area contributed by atoms with Crippen molar-refractivity contribution < 1.29 is 4.79 Å². The van der Waals surface area contributed by atoms with E-state index in [9.17, 15) is 4.79 Å². The van der Waals surface area contributed by atoms with Crippen LogP contribution in [0.5, 0.6) is 0 Å². The molecule has 3 aromatic rings. The number of hydrogen-bond donors (Lipinski definition) is 0. The fraction of sp³-hybridized carbons (Fsp3) is 0.238. The number of thiazole rings is 1. The maximum atomic E-state index is 12.5. The Morgan fingerprint density at radius 1 is 1.00 bits per heavy atom.